The second kappa shape index (κ2) is 6.57. The molecule has 1 aromatic rings. The van der Waals surface area contributed by atoms with E-state index in [9.17, 15) is 0 Å². The standard InChI is InChI=1S/C16H24N2O2/c1-13-3-2-4-14-15(5-10-20-16(13)14)17-6-7-18-8-11-19-12-9-18/h2-4,15,17H,5-12H2,1H3. The molecule has 1 N–H and O–H groups in total. The Kier molecular flexibility index (Phi) is 4.55. The molecule has 0 bridgehead atoms. The van der Waals surface area contributed by atoms with Crippen LogP contribution in [0.4, 0.5) is 0 Å². The number of benzene rings is 1. The zero-order valence-corrected chi connectivity index (χ0v) is 12.2. The first-order valence-corrected chi connectivity index (χ1v) is 7.60. The lowest BCUT2D eigenvalue weighted by molar-refractivity contribution is 0.0379. The Morgan fingerprint density at radius 1 is 1.25 bits per heavy atom. The van der Waals surface area contributed by atoms with Gasteiger partial charge in [-0.25, -0.2) is 0 Å². The van der Waals surface area contributed by atoms with E-state index in [0.29, 0.717) is 6.04 Å². The number of nitrogens with zero attached hydrogens (tertiary/aromatic N) is 1. The number of hydrogen-bond donors (Lipinski definition) is 1. The normalized spacial score (nSPS) is 23.1. The monoisotopic (exact) mass is 276 g/mol. The third kappa shape index (κ3) is 3.14. The maximum atomic E-state index is 5.81. The number of para-hydroxylation sites is 1. The molecule has 4 heteroatoms. The van der Waals surface area contributed by atoms with Gasteiger partial charge in [-0.2, -0.15) is 0 Å². The molecule has 110 valence electrons. The van der Waals surface area contributed by atoms with Crippen molar-refractivity contribution in [3.8, 4) is 5.75 Å². The van der Waals surface area contributed by atoms with Crippen LogP contribution in [0.1, 0.15) is 23.6 Å². The Morgan fingerprint density at radius 3 is 2.95 bits per heavy atom. The van der Waals surface area contributed by atoms with E-state index in [0.717, 1.165) is 58.2 Å². The van der Waals surface area contributed by atoms with Crippen LogP contribution in [0.25, 0.3) is 0 Å². The number of ether oxygens (including phenoxy) is 2. The van der Waals surface area contributed by atoms with E-state index in [1.165, 1.54) is 11.1 Å². The molecule has 1 atom stereocenters. The summed E-state index contributed by atoms with van der Waals surface area (Å²) in [7, 11) is 0. The van der Waals surface area contributed by atoms with Gasteiger partial charge in [-0.3, -0.25) is 4.90 Å². The highest BCUT2D eigenvalue weighted by molar-refractivity contribution is 5.43. The number of nitrogens with one attached hydrogen (secondary N) is 1. The van der Waals surface area contributed by atoms with Gasteiger partial charge >= 0.3 is 0 Å². The van der Waals surface area contributed by atoms with E-state index >= 15 is 0 Å². The van der Waals surface area contributed by atoms with Crippen molar-refractivity contribution in [2.75, 3.05) is 46.0 Å². The van der Waals surface area contributed by atoms with Crippen molar-refractivity contribution in [1.29, 1.82) is 0 Å². The predicted octanol–water partition coefficient (Wildman–Crippen LogP) is 1.74. The summed E-state index contributed by atoms with van der Waals surface area (Å²) in [6, 6.07) is 6.86. The first kappa shape index (κ1) is 13.9. The van der Waals surface area contributed by atoms with Gasteiger partial charge in [0.15, 0.2) is 0 Å². The van der Waals surface area contributed by atoms with Crippen molar-refractivity contribution in [1.82, 2.24) is 10.2 Å². The minimum absolute atomic E-state index is 0.430. The van der Waals surface area contributed by atoms with E-state index in [-0.39, 0.29) is 0 Å². The maximum absolute atomic E-state index is 5.81. The molecule has 1 fully saturated rings. The van der Waals surface area contributed by atoms with Crippen molar-refractivity contribution < 1.29 is 9.47 Å². The molecule has 1 unspecified atom stereocenters. The molecule has 1 saturated heterocycles. The van der Waals surface area contributed by atoms with Gasteiger partial charge in [0.05, 0.1) is 19.8 Å². The Hall–Kier alpha value is -1.10. The minimum atomic E-state index is 0.430. The van der Waals surface area contributed by atoms with Gasteiger partial charge in [-0.1, -0.05) is 18.2 Å². The van der Waals surface area contributed by atoms with Crippen LogP contribution < -0.4 is 10.1 Å². The van der Waals surface area contributed by atoms with Crippen molar-refractivity contribution in [3.05, 3.63) is 29.3 Å². The fourth-order valence-corrected chi connectivity index (χ4v) is 3.01. The Labute approximate surface area is 121 Å². The van der Waals surface area contributed by atoms with E-state index in [1.54, 1.807) is 0 Å². The summed E-state index contributed by atoms with van der Waals surface area (Å²) >= 11 is 0. The summed E-state index contributed by atoms with van der Waals surface area (Å²) in [5.41, 5.74) is 2.56. The summed E-state index contributed by atoms with van der Waals surface area (Å²) in [6.45, 7) is 8.93. The van der Waals surface area contributed by atoms with Gasteiger partial charge in [0.25, 0.3) is 0 Å². The number of fused-ring (bicyclic) bond motifs is 1. The SMILES string of the molecule is Cc1cccc2c1OCCC2NCCN1CCOCC1. The molecule has 4 nitrogen and oxygen atoms in total. The molecule has 0 saturated carbocycles. The molecule has 2 aliphatic rings. The van der Waals surface area contributed by atoms with Crippen LogP contribution in [0.3, 0.4) is 0 Å². The van der Waals surface area contributed by atoms with Gasteiger partial charge in [0.1, 0.15) is 5.75 Å². The molecule has 0 aliphatic carbocycles. The van der Waals surface area contributed by atoms with Gasteiger partial charge < -0.3 is 14.8 Å². The molecule has 3 rings (SSSR count). The Bertz CT molecular complexity index is 444. The number of hydrogen-bond acceptors (Lipinski definition) is 4. The van der Waals surface area contributed by atoms with Crippen molar-refractivity contribution in [2.24, 2.45) is 0 Å². The second-order valence-electron chi connectivity index (χ2n) is 5.59. The van der Waals surface area contributed by atoms with Crippen LogP contribution in [-0.2, 0) is 4.74 Å². The quantitative estimate of drug-likeness (QED) is 0.908. The molecule has 2 aliphatic heterocycles. The van der Waals surface area contributed by atoms with Crippen LogP contribution in [-0.4, -0.2) is 50.9 Å². The van der Waals surface area contributed by atoms with Crippen LogP contribution in [0.15, 0.2) is 18.2 Å². The van der Waals surface area contributed by atoms with Gasteiger partial charge in [0.2, 0.25) is 0 Å². The molecule has 0 radical (unpaired) electrons. The predicted molar refractivity (Wildman–Crippen MR) is 79.3 cm³/mol. The molecular formula is C16H24N2O2. The van der Waals surface area contributed by atoms with Crippen molar-refractivity contribution >= 4 is 0 Å². The third-order valence-electron chi connectivity index (χ3n) is 4.19. The van der Waals surface area contributed by atoms with Crippen LogP contribution in [0, 0.1) is 6.92 Å². The lowest BCUT2D eigenvalue weighted by Gasteiger charge is -2.30. The molecule has 0 spiro atoms. The molecule has 20 heavy (non-hydrogen) atoms. The third-order valence-corrected chi connectivity index (χ3v) is 4.19. The van der Waals surface area contributed by atoms with Gasteiger partial charge in [0, 0.05) is 44.2 Å². The highest BCUT2D eigenvalue weighted by Crippen LogP contribution is 2.34. The largest absolute Gasteiger partial charge is 0.493 e. The average Bonchev–Trinajstić information content (AvgIpc) is 2.49. The maximum Gasteiger partial charge on any atom is 0.126 e. The first-order chi connectivity index (χ1) is 9.84. The minimum Gasteiger partial charge on any atom is -0.493 e. The molecule has 2 heterocycles. The highest BCUT2D eigenvalue weighted by Gasteiger charge is 2.22. The van der Waals surface area contributed by atoms with Crippen LogP contribution in [0.5, 0.6) is 5.75 Å². The summed E-state index contributed by atoms with van der Waals surface area (Å²) in [5.74, 6) is 1.09. The van der Waals surface area contributed by atoms with Crippen molar-refractivity contribution in [2.45, 2.75) is 19.4 Å². The fourth-order valence-electron chi connectivity index (χ4n) is 3.01. The van der Waals surface area contributed by atoms with Crippen LogP contribution in [0.2, 0.25) is 0 Å². The smallest absolute Gasteiger partial charge is 0.126 e. The van der Waals surface area contributed by atoms with Gasteiger partial charge in [-0.05, 0) is 12.5 Å². The van der Waals surface area contributed by atoms with E-state index in [2.05, 4.69) is 35.3 Å². The van der Waals surface area contributed by atoms with E-state index < -0.39 is 0 Å². The summed E-state index contributed by atoms with van der Waals surface area (Å²) < 4.78 is 11.2. The zero-order valence-electron chi connectivity index (χ0n) is 12.2. The highest BCUT2D eigenvalue weighted by atomic mass is 16.5. The summed E-state index contributed by atoms with van der Waals surface area (Å²) in [6.07, 6.45) is 1.06. The molecule has 1 aromatic carbocycles. The number of rotatable bonds is 4. The topological polar surface area (TPSA) is 33.7 Å². The Balaban J connectivity index is 1.55. The molecule has 0 aromatic heterocycles. The fraction of sp³-hybridized carbons (Fsp3) is 0.625. The second-order valence-corrected chi connectivity index (χ2v) is 5.59. The zero-order chi connectivity index (χ0) is 13.8. The number of morpholine rings is 1. The van der Waals surface area contributed by atoms with E-state index in [4.69, 9.17) is 9.47 Å². The van der Waals surface area contributed by atoms with Crippen molar-refractivity contribution in [3.63, 3.8) is 0 Å². The first-order valence-electron chi connectivity index (χ1n) is 7.60. The summed E-state index contributed by atoms with van der Waals surface area (Å²) in [4.78, 5) is 2.47. The average molecular weight is 276 g/mol. The molecular weight excluding hydrogens is 252 g/mol. The number of aryl methyl sites for hydroxylation is 1. The lowest BCUT2D eigenvalue weighted by Crippen LogP contribution is -2.41. The molecule has 0 amide bonds. The van der Waals surface area contributed by atoms with Gasteiger partial charge in [-0.15, -0.1) is 0 Å². The van der Waals surface area contributed by atoms with Crippen LogP contribution >= 0.6 is 0 Å². The van der Waals surface area contributed by atoms with E-state index in [1.807, 2.05) is 0 Å². The summed E-state index contributed by atoms with van der Waals surface area (Å²) in [5, 5.41) is 3.69. The lowest BCUT2D eigenvalue weighted by atomic mass is 9.98. The Morgan fingerprint density at radius 2 is 2.10 bits per heavy atom.